The van der Waals surface area contributed by atoms with E-state index in [-0.39, 0.29) is 11.8 Å². The molecule has 0 saturated carbocycles. The van der Waals surface area contributed by atoms with E-state index in [0.29, 0.717) is 24.5 Å². The highest BCUT2D eigenvalue weighted by atomic mass is 32.1. The highest BCUT2D eigenvalue weighted by molar-refractivity contribution is 7.13. The number of hydrogen-bond acceptors (Lipinski definition) is 5. The molecule has 132 valence electrons. The molecule has 0 aliphatic carbocycles. The molecule has 3 heterocycles. The minimum Gasteiger partial charge on any atom is -0.342 e. The van der Waals surface area contributed by atoms with Crippen LogP contribution in [-0.4, -0.2) is 52.8 Å². The lowest BCUT2D eigenvalue weighted by Gasteiger charge is -2.29. The molecule has 3 rings (SSSR count). The molecule has 0 radical (unpaired) electrons. The summed E-state index contributed by atoms with van der Waals surface area (Å²) in [7, 11) is 0. The molecule has 24 heavy (non-hydrogen) atoms. The van der Waals surface area contributed by atoms with Crippen LogP contribution in [0.15, 0.2) is 5.38 Å². The van der Waals surface area contributed by atoms with E-state index in [1.165, 1.54) is 24.2 Å². The molecule has 1 aromatic rings. The van der Waals surface area contributed by atoms with E-state index in [9.17, 15) is 9.59 Å². The van der Waals surface area contributed by atoms with Crippen molar-refractivity contribution in [2.75, 3.05) is 31.5 Å². The van der Waals surface area contributed by atoms with Gasteiger partial charge in [-0.1, -0.05) is 6.92 Å². The standard InChI is InChI=1S/C17H26N4O2S/c1-13-4-8-20(9-5-13)11-14-12-24-17(18-14)19-15(22)6-10-21-7-2-3-16(21)23/h12-13H,2-11H2,1H3,(H,18,19,22). The van der Waals surface area contributed by atoms with Gasteiger partial charge in [-0.25, -0.2) is 4.98 Å². The Bertz CT molecular complexity index is 581. The number of amides is 2. The molecule has 7 heteroatoms. The van der Waals surface area contributed by atoms with E-state index in [0.717, 1.165) is 44.2 Å². The lowest BCUT2D eigenvalue weighted by molar-refractivity contribution is -0.128. The fraction of sp³-hybridized carbons (Fsp3) is 0.706. The normalized spacial score (nSPS) is 19.9. The topological polar surface area (TPSA) is 65.5 Å². The molecule has 2 aliphatic rings. The van der Waals surface area contributed by atoms with Gasteiger partial charge < -0.3 is 10.2 Å². The molecule has 2 saturated heterocycles. The largest absolute Gasteiger partial charge is 0.342 e. The number of carbonyl (C=O) groups excluding carboxylic acids is 2. The van der Waals surface area contributed by atoms with Crippen LogP contribution in [0.5, 0.6) is 0 Å². The maximum absolute atomic E-state index is 12.0. The van der Waals surface area contributed by atoms with E-state index in [1.54, 1.807) is 4.90 Å². The van der Waals surface area contributed by atoms with Crippen molar-refractivity contribution in [2.24, 2.45) is 5.92 Å². The molecule has 0 bridgehead atoms. The zero-order valence-electron chi connectivity index (χ0n) is 14.3. The number of aromatic nitrogens is 1. The second kappa shape index (κ2) is 8.07. The van der Waals surface area contributed by atoms with Crippen LogP contribution in [0.2, 0.25) is 0 Å². The van der Waals surface area contributed by atoms with Crippen LogP contribution in [0, 0.1) is 5.92 Å². The second-order valence-corrected chi connectivity index (χ2v) is 7.74. The molecule has 1 N–H and O–H groups in total. The third kappa shape index (κ3) is 4.77. The number of carbonyl (C=O) groups is 2. The van der Waals surface area contributed by atoms with Gasteiger partial charge in [-0.2, -0.15) is 0 Å². The van der Waals surface area contributed by atoms with Crippen molar-refractivity contribution < 1.29 is 9.59 Å². The Morgan fingerprint density at radius 2 is 2.17 bits per heavy atom. The van der Waals surface area contributed by atoms with Crippen molar-refractivity contribution in [2.45, 2.75) is 45.6 Å². The summed E-state index contributed by atoms with van der Waals surface area (Å²) in [6, 6.07) is 0. The van der Waals surface area contributed by atoms with Crippen LogP contribution in [0.4, 0.5) is 5.13 Å². The quantitative estimate of drug-likeness (QED) is 0.855. The summed E-state index contributed by atoms with van der Waals surface area (Å²) in [5.74, 6) is 0.923. The smallest absolute Gasteiger partial charge is 0.227 e. The first-order chi connectivity index (χ1) is 11.6. The number of hydrogen-bond donors (Lipinski definition) is 1. The van der Waals surface area contributed by atoms with Crippen molar-refractivity contribution in [3.8, 4) is 0 Å². The Kier molecular flexibility index (Phi) is 5.84. The van der Waals surface area contributed by atoms with Gasteiger partial charge in [0.05, 0.1) is 5.69 Å². The van der Waals surface area contributed by atoms with Crippen LogP contribution in [0.25, 0.3) is 0 Å². The first kappa shape index (κ1) is 17.4. The van der Waals surface area contributed by atoms with Gasteiger partial charge in [0, 0.05) is 37.9 Å². The van der Waals surface area contributed by atoms with E-state index in [4.69, 9.17) is 0 Å². The minimum atomic E-state index is -0.0672. The lowest BCUT2D eigenvalue weighted by atomic mass is 9.99. The molecule has 2 amide bonds. The molecule has 6 nitrogen and oxygen atoms in total. The summed E-state index contributed by atoms with van der Waals surface area (Å²) in [4.78, 5) is 32.3. The first-order valence-electron chi connectivity index (χ1n) is 8.84. The Morgan fingerprint density at radius 3 is 2.88 bits per heavy atom. The number of rotatable bonds is 6. The summed E-state index contributed by atoms with van der Waals surface area (Å²) >= 11 is 1.48. The summed E-state index contributed by atoms with van der Waals surface area (Å²) in [5.41, 5.74) is 1.03. The molecule has 0 unspecified atom stereocenters. The Morgan fingerprint density at radius 1 is 1.38 bits per heavy atom. The number of nitrogens with one attached hydrogen (secondary N) is 1. The van der Waals surface area contributed by atoms with Crippen LogP contribution >= 0.6 is 11.3 Å². The Hall–Kier alpha value is -1.47. The van der Waals surface area contributed by atoms with Gasteiger partial charge in [0.2, 0.25) is 11.8 Å². The molecule has 2 fully saturated rings. The molecule has 0 spiro atoms. The van der Waals surface area contributed by atoms with Gasteiger partial charge in [0.1, 0.15) is 0 Å². The maximum atomic E-state index is 12.0. The number of likely N-dealkylation sites (tertiary alicyclic amines) is 2. The first-order valence-corrected chi connectivity index (χ1v) is 9.72. The Labute approximate surface area is 147 Å². The van der Waals surface area contributed by atoms with Crippen molar-refractivity contribution >= 4 is 28.3 Å². The van der Waals surface area contributed by atoms with Gasteiger partial charge in [0.15, 0.2) is 5.13 Å². The summed E-state index contributed by atoms with van der Waals surface area (Å²) in [6.07, 6.45) is 4.37. The minimum absolute atomic E-state index is 0.0672. The monoisotopic (exact) mass is 350 g/mol. The molecular weight excluding hydrogens is 324 g/mol. The lowest BCUT2D eigenvalue weighted by Crippen LogP contribution is -2.32. The zero-order chi connectivity index (χ0) is 16.9. The fourth-order valence-corrected chi connectivity index (χ4v) is 3.96. The van der Waals surface area contributed by atoms with E-state index >= 15 is 0 Å². The average molecular weight is 350 g/mol. The van der Waals surface area contributed by atoms with Gasteiger partial charge in [-0.3, -0.25) is 14.5 Å². The Balaban J connectivity index is 1.41. The van der Waals surface area contributed by atoms with E-state index in [1.807, 2.05) is 5.38 Å². The number of piperidine rings is 1. The third-order valence-corrected chi connectivity index (χ3v) is 5.65. The highest BCUT2D eigenvalue weighted by Gasteiger charge is 2.21. The van der Waals surface area contributed by atoms with Crippen LogP contribution in [-0.2, 0) is 16.1 Å². The van der Waals surface area contributed by atoms with Crippen molar-refractivity contribution in [1.82, 2.24) is 14.8 Å². The van der Waals surface area contributed by atoms with Gasteiger partial charge >= 0.3 is 0 Å². The zero-order valence-corrected chi connectivity index (χ0v) is 15.1. The summed E-state index contributed by atoms with van der Waals surface area (Å²) in [6.45, 7) is 6.72. The van der Waals surface area contributed by atoms with Crippen molar-refractivity contribution in [1.29, 1.82) is 0 Å². The molecular formula is C17H26N4O2S. The summed E-state index contributed by atoms with van der Waals surface area (Å²) in [5, 5.41) is 5.54. The van der Waals surface area contributed by atoms with Crippen LogP contribution in [0.3, 0.4) is 0 Å². The number of thiazole rings is 1. The van der Waals surface area contributed by atoms with Crippen molar-refractivity contribution in [3.63, 3.8) is 0 Å². The predicted octanol–water partition coefficient (Wildman–Crippen LogP) is 2.33. The predicted molar refractivity (Wildman–Crippen MR) is 94.8 cm³/mol. The number of nitrogens with zero attached hydrogens (tertiary/aromatic N) is 3. The van der Waals surface area contributed by atoms with E-state index in [2.05, 4.69) is 22.1 Å². The molecule has 0 atom stereocenters. The highest BCUT2D eigenvalue weighted by Crippen LogP contribution is 2.21. The van der Waals surface area contributed by atoms with E-state index < -0.39 is 0 Å². The molecule has 1 aromatic heterocycles. The van der Waals surface area contributed by atoms with Gasteiger partial charge in [-0.05, 0) is 38.3 Å². The van der Waals surface area contributed by atoms with Gasteiger partial charge in [-0.15, -0.1) is 11.3 Å². The molecule has 2 aliphatic heterocycles. The second-order valence-electron chi connectivity index (χ2n) is 6.89. The molecule has 0 aromatic carbocycles. The van der Waals surface area contributed by atoms with Crippen LogP contribution < -0.4 is 5.32 Å². The van der Waals surface area contributed by atoms with Crippen LogP contribution in [0.1, 0.15) is 44.7 Å². The SMILES string of the molecule is CC1CCN(Cc2csc(NC(=O)CCN3CCCC3=O)n2)CC1. The average Bonchev–Trinajstić information content (AvgIpc) is 3.17. The van der Waals surface area contributed by atoms with Gasteiger partial charge in [0.25, 0.3) is 0 Å². The summed E-state index contributed by atoms with van der Waals surface area (Å²) < 4.78 is 0. The fourth-order valence-electron chi connectivity index (χ4n) is 3.25. The third-order valence-electron chi connectivity index (χ3n) is 4.84. The number of anilines is 1. The maximum Gasteiger partial charge on any atom is 0.227 e. The van der Waals surface area contributed by atoms with Crippen molar-refractivity contribution in [3.05, 3.63) is 11.1 Å².